The van der Waals surface area contributed by atoms with Gasteiger partial charge in [-0.3, -0.25) is 4.79 Å². The van der Waals surface area contributed by atoms with Crippen LogP contribution in [0.5, 0.6) is 0 Å². The van der Waals surface area contributed by atoms with E-state index in [4.69, 9.17) is 17.3 Å². The van der Waals surface area contributed by atoms with Gasteiger partial charge in [0.05, 0.1) is 21.5 Å². The normalized spacial score (nSPS) is 11.1. The van der Waals surface area contributed by atoms with Gasteiger partial charge in [0.1, 0.15) is 17.3 Å². The minimum absolute atomic E-state index is 0.257. The number of benzene rings is 1. The highest BCUT2D eigenvalue weighted by Gasteiger charge is 2.17. The molecular formula is C17H12ClN5OS. The molecule has 0 spiro atoms. The molecule has 1 amide bonds. The molecule has 0 aliphatic heterocycles. The largest absolute Gasteiger partial charge is 0.382 e. The molecule has 3 aromatic heterocycles. The number of pyridine rings is 1. The predicted molar refractivity (Wildman–Crippen MR) is 101 cm³/mol. The van der Waals surface area contributed by atoms with E-state index in [9.17, 15) is 4.79 Å². The van der Waals surface area contributed by atoms with Crippen molar-refractivity contribution in [3.8, 4) is 0 Å². The van der Waals surface area contributed by atoms with Gasteiger partial charge in [-0.05, 0) is 18.6 Å². The van der Waals surface area contributed by atoms with Crippen molar-refractivity contribution in [1.82, 2.24) is 15.0 Å². The first-order valence-electron chi connectivity index (χ1n) is 7.39. The number of fused-ring (bicyclic) bond motifs is 2. The minimum Gasteiger partial charge on any atom is -0.382 e. The molecule has 124 valence electrons. The van der Waals surface area contributed by atoms with Crippen LogP contribution in [0.15, 0.2) is 36.1 Å². The number of hydrogen-bond acceptors (Lipinski definition) is 6. The molecule has 0 bridgehead atoms. The first-order valence-corrected chi connectivity index (χ1v) is 8.65. The van der Waals surface area contributed by atoms with E-state index in [1.54, 1.807) is 11.6 Å². The van der Waals surface area contributed by atoms with Crippen molar-refractivity contribution in [3.63, 3.8) is 0 Å². The summed E-state index contributed by atoms with van der Waals surface area (Å²) in [6, 6.07) is 5.62. The van der Waals surface area contributed by atoms with Crippen LogP contribution in [-0.2, 0) is 0 Å². The molecule has 4 rings (SSSR count). The molecule has 0 unspecified atom stereocenters. The van der Waals surface area contributed by atoms with E-state index in [0.29, 0.717) is 32.4 Å². The number of hydrogen-bond donors (Lipinski definition) is 2. The summed E-state index contributed by atoms with van der Waals surface area (Å²) in [4.78, 5) is 25.1. The average molecular weight is 370 g/mol. The van der Waals surface area contributed by atoms with Crippen LogP contribution in [-0.4, -0.2) is 20.9 Å². The van der Waals surface area contributed by atoms with E-state index in [-0.39, 0.29) is 5.91 Å². The van der Waals surface area contributed by atoms with E-state index in [1.807, 2.05) is 25.1 Å². The lowest BCUT2D eigenvalue weighted by atomic mass is 10.1. The number of rotatable bonds is 2. The summed E-state index contributed by atoms with van der Waals surface area (Å²) in [5.74, 6) is 0.112. The smallest absolute Gasteiger partial charge is 0.258 e. The number of halogens is 1. The number of carbonyl (C=O) groups excluding carboxylic acids is 1. The number of nitrogens with one attached hydrogen (secondary N) is 1. The highest BCUT2D eigenvalue weighted by Crippen LogP contribution is 2.32. The summed E-state index contributed by atoms with van der Waals surface area (Å²) in [5.41, 5.74) is 8.49. The maximum Gasteiger partial charge on any atom is 0.258 e. The fourth-order valence-electron chi connectivity index (χ4n) is 2.71. The van der Waals surface area contributed by atoms with Gasteiger partial charge in [-0.25, -0.2) is 15.0 Å². The van der Waals surface area contributed by atoms with Crippen LogP contribution in [0, 0.1) is 6.92 Å². The number of carbonyl (C=O) groups is 1. The Labute approximate surface area is 151 Å². The van der Waals surface area contributed by atoms with Gasteiger partial charge >= 0.3 is 0 Å². The highest BCUT2D eigenvalue weighted by atomic mass is 35.5. The fraction of sp³-hybridized carbons (Fsp3) is 0.0588. The van der Waals surface area contributed by atoms with E-state index in [0.717, 1.165) is 16.3 Å². The van der Waals surface area contributed by atoms with Crippen LogP contribution in [0.2, 0.25) is 5.15 Å². The minimum atomic E-state index is -0.257. The number of nitrogen functional groups attached to an aromatic ring is 1. The van der Waals surface area contributed by atoms with Crippen molar-refractivity contribution in [2.24, 2.45) is 0 Å². The SMILES string of the molecule is Cc1ccc2c(Cl)nccc2c1NC(=O)c1csc2c(N)ncnc12. The second kappa shape index (κ2) is 5.94. The summed E-state index contributed by atoms with van der Waals surface area (Å²) in [6.07, 6.45) is 2.98. The first-order chi connectivity index (χ1) is 12.1. The van der Waals surface area contributed by atoms with E-state index < -0.39 is 0 Å². The van der Waals surface area contributed by atoms with E-state index in [2.05, 4.69) is 20.3 Å². The molecule has 3 heterocycles. The monoisotopic (exact) mass is 369 g/mol. The third kappa shape index (κ3) is 2.57. The number of nitrogens with zero attached hydrogens (tertiary/aromatic N) is 3. The number of amides is 1. The molecule has 0 atom stereocenters. The van der Waals surface area contributed by atoms with Gasteiger partial charge in [0.15, 0.2) is 0 Å². The number of thiophene rings is 1. The van der Waals surface area contributed by atoms with E-state index in [1.165, 1.54) is 17.7 Å². The summed E-state index contributed by atoms with van der Waals surface area (Å²) >= 11 is 7.51. The van der Waals surface area contributed by atoms with Crippen molar-refractivity contribution in [2.45, 2.75) is 6.92 Å². The summed E-state index contributed by atoms with van der Waals surface area (Å²) < 4.78 is 0.703. The van der Waals surface area contributed by atoms with Gasteiger partial charge in [0.25, 0.3) is 5.91 Å². The third-order valence-electron chi connectivity index (χ3n) is 3.97. The second-order valence-corrected chi connectivity index (χ2v) is 6.73. The van der Waals surface area contributed by atoms with Gasteiger partial charge in [-0.15, -0.1) is 11.3 Å². The number of anilines is 2. The van der Waals surface area contributed by atoms with Crippen LogP contribution >= 0.6 is 22.9 Å². The Bertz CT molecular complexity index is 1140. The van der Waals surface area contributed by atoms with Crippen LogP contribution in [0.4, 0.5) is 11.5 Å². The van der Waals surface area contributed by atoms with Gasteiger partial charge in [0.2, 0.25) is 0 Å². The number of nitrogens with two attached hydrogens (primary N) is 1. The molecule has 0 radical (unpaired) electrons. The Balaban J connectivity index is 1.81. The molecule has 1 aromatic carbocycles. The quantitative estimate of drug-likeness (QED) is 0.520. The first kappa shape index (κ1) is 15.7. The molecule has 0 aliphatic carbocycles. The van der Waals surface area contributed by atoms with Crippen LogP contribution < -0.4 is 11.1 Å². The van der Waals surface area contributed by atoms with Gasteiger partial charge in [-0.2, -0.15) is 0 Å². The molecule has 0 saturated carbocycles. The van der Waals surface area contributed by atoms with Gasteiger partial charge in [0, 0.05) is 22.3 Å². The molecule has 0 aliphatic rings. The Morgan fingerprint density at radius 2 is 2.04 bits per heavy atom. The van der Waals surface area contributed by atoms with Crippen molar-refractivity contribution >= 4 is 61.3 Å². The van der Waals surface area contributed by atoms with Gasteiger partial charge in [-0.1, -0.05) is 23.7 Å². The lowest BCUT2D eigenvalue weighted by Crippen LogP contribution is -2.13. The molecule has 4 aromatic rings. The molecule has 8 heteroatoms. The van der Waals surface area contributed by atoms with Crippen molar-refractivity contribution < 1.29 is 4.79 Å². The zero-order chi connectivity index (χ0) is 17.6. The Hall–Kier alpha value is -2.77. The summed E-state index contributed by atoms with van der Waals surface area (Å²) in [7, 11) is 0. The molecule has 3 N–H and O–H groups in total. The van der Waals surface area contributed by atoms with Crippen LogP contribution in [0.3, 0.4) is 0 Å². The number of aryl methyl sites for hydroxylation is 1. The van der Waals surface area contributed by atoms with Crippen molar-refractivity contribution in [3.05, 3.63) is 52.4 Å². The topological polar surface area (TPSA) is 93.8 Å². The average Bonchev–Trinajstić information content (AvgIpc) is 3.03. The maximum absolute atomic E-state index is 12.8. The predicted octanol–water partition coefficient (Wildman–Crippen LogP) is 4.04. The lowest BCUT2D eigenvalue weighted by molar-refractivity contribution is 0.102. The van der Waals surface area contributed by atoms with Crippen molar-refractivity contribution in [1.29, 1.82) is 0 Å². The van der Waals surface area contributed by atoms with Crippen LogP contribution in [0.1, 0.15) is 15.9 Å². The molecule has 6 nitrogen and oxygen atoms in total. The molecule has 0 saturated heterocycles. The number of aromatic nitrogens is 3. The maximum atomic E-state index is 12.8. The summed E-state index contributed by atoms with van der Waals surface area (Å²) in [6.45, 7) is 1.93. The zero-order valence-corrected chi connectivity index (χ0v) is 14.6. The second-order valence-electron chi connectivity index (χ2n) is 5.49. The Kier molecular flexibility index (Phi) is 3.74. The molecular weight excluding hydrogens is 358 g/mol. The van der Waals surface area contributed by atoms with E-state index >= 15 is 0 Å². The van der Waals surface area contributed by atoms with Crippen molar-refractivity contribution in [2.75, 3.05) is 11.1 Å². The highest BCUT2D eigenvalue weighted by molar-refractivity contribution is 7.18. The fourth-order valence-corrected chi connectivity index (χ4v) is 3.83. The lowest BCUT2D eigenvalue weighted by Gasteiger charge is -2.12. The Morgan fingerprint density at radius 1 is 1.20 bits per heavy atom. The standard InChI is InChI=1S/C17H12ClN5OS/c1-8-2-3-10-9(4-5-20-15(10)18)12(8)23-17(24)11-6-25-14-13(11)21-7-22-16(14)19/h2-7H,1H3,(H,23,24)(H2,19,21,22). The molecule has 25 heavy (non-hydrogen) atoms. The third-order valence-corrected chi connectivity index (χ3v) is 5.26. The van der Waals surface area contributed by atoms with Gasteiger partial charge < -0.3 is 11.1 Å². The summed E-state index contributed by atoms with van der Waals surface area (Å²) in [5, 5.41) is 6.73. The zero-order valence-electron chi connectivity index (χ0n) is 13.1. The van der Waals surface area contributed by atoms with Crippen LogP contribution in [0.25, 0.3) is 21.0 Å². The molecule has 0 fully saturated rings. The Morgan fingerprint density at radius 3 is 2.88 bits per heavy atom.